The van der Waals surface area contributed by atoms with E-state index in [0.717, 1.165) is 48.5 Å². The van der Waals surface area contributed by atoms with E-state index >= 15 is 0 Å². The molecule has 1 saturated heterocycles. The van der Waals surface area contributed by atoms with Crippen molar-refractivity contribution >= 4 is 11.3 Å². The highest BCUT2D eigenvalue weighted by Crippen LogP contribution is 2.27. The van der Waals surface area contributed by atoms with Crippen molar-refractivity contribution < 1.29 is 9.15 Å². The maximum atomic E-state index is 5.93. The molecule has 1 aliphatic rings. The summed E-state index contributed by atoms with van der Waals surface area (Å²) in [5, 5.41) is 3.08. The normalized spacial score (nSPS) is 18.8. The molecule has 0 amide bonds. The summed E-state index contributed by atoms with van der Waals surface area (Å²) in [6.45, 7) is 5.40. The van der Waals surface area contributed by atoms with Gasteiger partial charge in [0.15, 0.2) is 10.8 Å². The molecule has 0 unspecified atom stereocenters. The Morgan fingerprint density at radius 2 is 2.08 bits per heavy atom. The summed E-state index contributed by atoms with van der Waals surface area (Å²) < 4.78 is 11.6. The lowest BCUT2D eigenvalue weighted by Crippen LogP contribution is -2.37. The Balaban J connectivity index is 1.43. The van der Waals surface area contributed by atoms with Crippen molar-refractivity contribution in [3.63, 3.8) is 0 Å². The van der Waals surface area contributed by atoms with Crippen LogP contribution < -0.4 is 0 Å². The van der Waals surface area contributed by atoms with Crippen molar-refractivity contribution in [2.45, 2.75) is 19.6 Å². The van der Waals surface area contributed by atoms with Crippen LogP contribution in [0.1, 0.15) is 23.1 Å². The molecule has 0 saturated carbocycles. The van der Waals surface area contributed by atoms with Crippen LogP contribution >= 0.6 is 11.3 Å². The van der Waals surface area contributed by atoms with Crippen molar-refractivity contribution in [2.24, 2.45) is 0 Å². The molecule has 0 bridgehead atoms. The smallest absolute Gasteiger partial charge is 0.162 e. The molecule has 0 aliphatic carbocycles. The van der Waals surface area contributed by atoms with Crippen LogP contribution in [-0.4, -0.2) is 29.6 Å². The van der Waals surface area contributed by atoms with E-state index in [1.54, 1.807) is 11.3 Å². The summed E-state index contributed by atoms with van der Waals surface area (Å²) in [6, 6.07) is 14.4. The summed E-state index contributed by atoms with van der Waals surface area (Å²) in [5.74, 6) is 1.77. The monoisotopic (exact) mass is 340 g/mol. The summed E-state index contributed by atoms with van der Waals surface area (Å²) in [4.78, 5) is 7.14. The van der Waals surface area contributed by atoms with Crippen molar-refractivity contribution in [1.82, 2.24) is 9.88 Å². The maximum Gasteiger partial charge on any atom is 0.162 e. The van der Waals surface area contributed by atoms with Crippen LogP contribution in [0, 0.1) is 6.92 Å². The highest BCUT2D eigenvalue weighted by atomic mass is 32.1. The third-order valence-corrected chi connectivity index (χ3v) is 5.12. The molecule has 24 heavy (non-hydrogen) atoms. The fraction of sp³-hybridized carbons (Fsp3) is 0.316. The summed E-state index contributed by atoms with van der Waals surface area (Å²) in [7, 11) is 0. The minimum atomic E-state index is 0.144. The predicted molar refractivity (Wildman–Crippen MR) is 95.0 cm³/mol. The molecular formula is C19H20N2O2S. The van der Waals surface area contributed by atoms with Gasteiger partial charge in [0.2, 0.25) is 0 Å². The molecule has 0 N–H and O–H groups in total. The molecule has 0 spiro atoms. The number of rotatable bonds is 4. The lowest BCUT2D eigenvalue weighted by Gasteiger charge is -2.32. The standard InChI is InChI=1S/C19H20N2O2S/c1-14-7-8-17(23-14)19-20-16(13-24-19)11-21-9-10-22-18(12-21)15-5-3-2-4-6-15/h2-8,13,18H,9-12H2,1H3/t18-/m0/s1. The Hall–Kier alpha value is -1.95. The first kappa shape index (κ1) is 15.6. The zero-order chi connectivity index (χ0) is 16.4. The number of ether oxygens (including phenoxy) is 1. The number of morpholine rings is 1. The van der Waals surface area contributed by atoms with E-state index in [4.69, 9.17) is 14.1 Å². The third-order valence-electron chi connectivity index (χ3n) is 4.21. The van der Waals surface area contributed by atoms with Gasteiger partial charge in [-0.05, 0) is 24.6 Å². The van der Waals surface area contributed by atoms with Crippen molar-refractivity contribution in [3.8, 4) is 10.8 Å². The van der Waals surface area contributed by atoms with Crippen LogP contribution in [-0.2, 0) is 11.3 Å². The third kappa shape index (κ3) is 3.43. The van der Waals surface area contributed by atoms with Gasteiger partial charge in [0, 0.05) is 25.0 Å². The number of hydrogen-bond donors (Lipinski definition) is 0. The molecule has 1 fully saturated rings. The molecule has 3 heterocycles. The van der Waals surface area contributed by atoms with Crippen LogP contribution in [0.2, 0.25) is 0 Å². The lowest BCUT2D eigenvalue weighted by molar-refractivity contribution is -0.0332. The van der Waals surface area contributed by atoms with Gasteiger partial charge >= 0.3 is 0 Å². The van der Waals surface area contributed by atoms with Gasteiger partial charge in [-0.25, -0.2) is 4.98 Å². The van der Waals surface area contributed by atoms with Crippen molar-refractivity contribution in [1.29, 1.82) is 0 Å². The van der Waals surface area contributed by atoms with Gasteiger partial charge < -0.3 is 9.15 Å². The van der Waals surface area contributed by atoms with E-state index in [1.807, 2.05) is 25.1 Å². The maximum absolute atomic E-state index is 5.93. The summed E-state index contributed by atoms with van der Waals surface area (Å²) in [5.41, 5.74) is 2.34. The number of aromatic nitrogens is 1. The van der Waals surface area contributed by atoms with Crippen LogP contribution in [0.5, 0.6) is 0 Å². The highest BCUT2D eigenvalue weighted by Gasteiger charge is 2.22. The Morgan fingerprint density at radius 1 is 1.21 bits per heavy atom. The van der Waals surface area contributed by atoms with Crippen LogP contribution in [0.25, 0.3) is 10.8 Å². The first-order chi connectivity index (χ1) is 11.8. The molecule has 1 aliphatic heterocycles. The molecule has 2 aromatic heterocycles. The van der Waals surface area contributed by atoms with Crippen LogP contribution in [0.4, 0.5) is 0 Å². The van der Waals surface area contributed by atoms with Gasteiger partial charge in [-0.3, -0.25) is 4.90 Å². The number of nitrogens with zero attached hydrogens (tertiary/aromatic N) is 2. The first-order valence-corrected chi connectivity index (χ1v) is 9.06. The number of aryl methyl sites for hydroxylation is 1. The molecule has 3 aromatic rings. The van der Waals surface area contributed by atoms with Crippen LogP contribution in [0.3, 0.4) is 0 Å². The van der Waals surface area contributed by atoms with E-state index < -0.39 is 0 Å². The fourth-order valence-corrected chi connectivity index (χ4v) is 3.76. The molecule has 124 valence electrons. The van der Waals surface area contributed by atoms with Crippen LogP contribution in [0.15, 0.2) is 52.3 Å². The van der Waals surface area contributed by atoms with E-state index in [1.165, 1.54) is 5.56 Å². The van der Waals surface area contributed by atoms with Gasteiger partial charge in [0.1, 0.15) is 5.76 Å². The van der Waals surface area contributed by atoms with Gasteiger partial charge in [0.05, 0.1) is 18.4 Å². The minimum Gasteiger partial charge on any atom is -0.459 e. The largest absolute Gasteiger partial charge is 0.459 e. The summed E-state index contributed by atoms with van der Waals surface area (Å²) >= 11 is 1.64. The Kier molecular flexibility index (Phi) is 4.47. The topological polar surface area (TPSA) is 38.5 Å². The van der Waals surface area contributed by atoms with Crippen molar-refractivity contribution in [2.75, 3.05) is 19.7 Å². The zero-order valence-corrected chi connectivity index (χ0v) is 14.5. The lowest BCUT2D eigenvalue weighted by atomic mass is 10.1. The molecule has 4 nitrogen and oxygen atoms in total. The van der Waals surface area contributed by atoms with E-state index in [-0.39, 0.29) is 6.10 Å². The predicted octanol–water partition coefficient (Wildman–Crippen LogP) is 4.29. The second-order valence-corrected chi connectivity index (χ2v) is 6.92. The van der Waals surface area contributed by atoms with Gasteiger partial charge in [-0.15, -0.1) is 11.3 Å². The quantitative estimate of drug-likeness (QED) is 0.710. The average Bonchev–Trinajstić information content (AvgIpc) is 3.25. The molecular weight excluding hydrogens is 320 g/mol. The molecule has 1 atom stereocenters. The zero-order valence-electron chi connectivity index (χ0n) is 13.6. The van der Waals surface area contributed by atoms with Gasteiger partial charge in [-0.2, -0.15) is 0 Å². The van der Waals surface area contributed by atoms with Gasteiger partial charge in [0.25, 0.3) is 0 Å². The Bertz CT molecular complexity index is 797. The molecule has 0 radical (unpaired) electrons. The van der Waals surface area contributed by atoms with E-state index in [2.05, 4.69) is 34.5 Å². The Morgan fingerprint density at radius 3 is 2.88 bits per heavy atom. The minimum absolute atomic E-state index is 0.144. The van der Waals surface area contributed by atoms with Gasteiger partial charge in [-0.1, -0.05) is 30.3 Å². The highest BCUT2D eigenvalue weighted by molar-refractivity contribution is 7.13. The molecule has 4 rings (SSSR count). The van der Waals surface area contributed by atoms with E-state index in [9.17, 15) is 0 Å². The number of thiazole rings is 1. The van der Waals surface area contributed by atoms with Crippen molar-refractivity contribution in [3.05, 3.63) is 64.9 Å². The number of hydrogen-bond acceptors (Lipinski definition) is 5. The Labute approximate surface area is 145 Å². The number of furan rings is 1. The average molecular weight is 340 g/mol. The first-order valence-electron chi connectivity index (χ1n) is 8.18. The fourth-order valence-electron chi connectivity index (χ4n) is 2.99. The number of benzene rings is 1. The second-order valence-electron chi connectivity index (χ2n) is 6.06. The molecule has 5 heteroatoms. The summed E-state index contributed by atoms with van der Waals surface area (Å²) in [6.07, 6.45) is 0.144. The second kappa shape index (κ2) is 6.89. The SMILES string of the molecule is Cc1ccc(-c2nc(CN3CCO[C@H](c4ccccc4)C3)cs2)o1. The molecule has 1 aromatic carbocycles. The van der Waals surface area contributed by atoms with E-state index in [0.29, 0.717) is 0 Å².